The SMILES string of the molecule is CC(C)(C)C(=O)NCC1CNCCO1. The van der Waals surface area contributed by atoms with Crippen LogP contribution in [0.3, 0.4) is 0 Å². The number of hydrogen-bond acceptors (Lipinski definition) is 3. The van der Waals surface area contributed by atoms with Crippen LogP contribution in [-0.4, -0.2) is 38.3 Å². The normalized spacial score (nSPS) is 23.2. The Labute approximate surface area is 85.4 Å². The van der Waals surface area contributed by atoms with Crippen LogP contribution in [0, 0.1) is 5.41 Å². The topological polar surface area (TPSA) is 50.4 Å². The third-order valence-corrected chi connectivity index (χ3v) is 2.18. The van der Waals surface area contributed by atoms with Crippen molar-refractivity contribution < 1.29 is 9.53 Å². The Morgan fingerprint density at radius 2 is 2.29 bits per heavy atom. The molecule has 1 saturated heterocycles. The number of amides is 1. The van der Waals surface area contributed by atoms with E-state index >= 15 is 0 Å². The van der Waals surface area contributed by atoms with Crippen molar-refractivity contribution in [2.75, 3.05) is 26.2 Å². The lowest BCUT2D eigenvalue weighted by Crippen LogP contribution is -2.47. The third-order valence-electron chi connectivity index (χ3n) is 2.18. The predicted octanol–water partition coefficient (Wildman–Crippen LogP) is 0.137. The van der Waals surface area contributed by atoms with Crippen LogP contribution in [-0.2, 0) is 9.53 Å². The van der Waals surface area contributed by atoms with Gasteiger partial charge in [-0.05, 0) is 0 Å². The van der Waals surface area contributed by atoms with E-state index < -0.39 is 0 Å². The highest BCUT2D eigenvalue weighted by Crippen LogP contribution is 2.12. The van der Waals surface area contributed by atoms with Gasteiger partial charge in [0, 0.05) is 25.0 Å². The summed E-state index contributed by atoms with van der Waals surface area (Å²) in [4.78, 5) is 11.5. The Kier molecular flexibility index (Phi) is 3.89. The molecule has 1 amide bonds. The number of nitrogens with one attached hydrogen (secondary N) is 2. The number of carbonyl (C=O) groups excluding carboxylic acids is 1. The molecular formula is C10H20N2O2. The maximum atomic E-state index is 11.5. The molecule has 0 bridgehead atoms. The molecule has 1 rings (SSSR count). The highest BCUT2D eigenvalue weighted by molar-refractivity contribution is 5.81. The van der Waals surface area contributed by atoms with Gasteiger partial charge >= 0.3 is 0 Å². The first-order chi connectivity index (χ1) is 6.50. The quantitative estimate of drug-likeness (QED) is 0.666. The van der Waals surface area contributed by atoms with Crippen LogP contribution in [0.4, 0.5) is 0 Å². The number of morpholine rings is 1. The lowest BCUT2D eigenvalue weighted by atomic mass is 9.96. The zero-order valence-electron chi connectivity index (χ0n) is 9.22. The molecule has 1 atom stereocenters. The smallest absolute Gasteiger partial charge is 0.225 e. The molecule has 1 heterocycles. The number of ether oxygens (including phenoxy) is 1. The fraction of sp³-hybridized carbons (Fsp3) is 0.900. The van der Waals surface area contributed by atoms with E-state index in [4.69, 9.17) is 4.74 Å². The Bertz CT molecular complexity index is 193. The monoisotopic (exact) mass is 200 g/mol. The van der Waals surface area contributed by atoms with Crippen molar-refractivity contribution in [1.82, 2.24) is 10.6 Å². The van der Waals surface area contributed by atoms with Gasteiger partial charge in [0.05, 0.1) is 12.7 Å². The fourth-order valence-electron chi connectivity index (χ4n) is 1.22. The maximum absolute atomic E-state index is 11.5. The van der Waals surface area contributed by atoms with Gasteiger partial charge in [0.1, 0.15) is 0 Å². The van der Waals surface area contributed by atoms with Gasteiger partial charge in [-0.3, -0.25) is 4.79 Å². The first-order valence-electron chi connectivity index (χ1n) is 5.11. The molecule has 4 nitrogen and oxygen atoms in total. The predicted molar refractivity (Wildman–Crippen MR) is 55.1 cm³/mol. The minimum Gasteiger partial charge on any atom is -0.374 e. The van der Waals surface area contributed by atoms with Gasteiger partial charge in [-0.25, -0.2) is 0 Å². The van der Waals surface area contributed by atoms with Crippen LogP contribution in [0.25, 0.3) is 0 Å². The molecule has 0 saturated carbocycles. The van der Waals surface area contributed by atoms with Crippen LogP contribution in [0.5, 0.6) is 0 Å². The van der Waals surface area contributed by atoms with Gasteiger partial charge in [0.2, 0.25) is 5.91 Å². The highest BCUT2D eigenvalue weighted by Gasteiger charge is 2.22. The van der Waals surface area contributed by atoms with Crippen molar-refractivity contribution in [3.05, 3.63) is 0 Å². The van der Waals surface area contributed by atoms with Crippen molar-refractivity contribution in [2.45, 2.75) is 26.9 Å². The zero-order valence-corrected chi connectivity index (χ0v) is 9.22. The molecular weight excluding hydrogens is 180 g/mol. The third kappa shape index (κ3) is 3.64. The van der Waals surface area contributed by atoms with E-state index in [1.807, 2.05) is 20.8 Å². The molecule has 2 N–H and O–H groups in total. The lowest BCUT2D eigenvalue weighted by Gasteiger charge is -2.25. The van der Waals surface area contributed by atoms with Crippen LogP contribution < -0.4 is 10.6 Å². The Morgan fingerprint density at radius 3 is 2.79 bits per heavy atom. The van der Waals surface area contributed by atoms with Gasteiger partial charge in [-0.1, -0.05) is 20.8 Å². The summed E-state index contributed by atoms with van der Waals surface area (Å²) in [6.07, 6.45) is 0.120. The average molecular weight is 200 g/mol. The standard InChI is InChI=1S/C10H20N2O2/c1-10(2,3)9(13)12-7-8-6-11-4-5-14-8/h8,11H,4-7H2,1-3H3,(H,12,13). The summed E-state index contributed by atoms with van der Waals surface area (Å²) in [6, 6.07) is 0. The van der Waals surface area contributed by atoms with Crippen molar-refractivity contribution in [3.8, 4) is 0 Å². The Balaban J connectivity index is 2.22. The molecule has 0 spiro atoms. The fourth-order valence-corrected chi connectivity index (χ4v) is 1.22. The van der Waals surface area contributed by atoms with Gasteiger partial charge in [0.25, 0.3) is 0 Å². The minimum atomic E-state index is -0.317. The molecule has 1 fully saturated rings. The molecule has 4 heteroatoms. The van der Waals surface area contributed by atoms with Crippen LogP contribution in [0.2, 0.25) is 0 Å². The van der Waals surface area contributed by atoms with Gasteiger partial charge in [0.15, 0.2) is 0 Å². The molecule has 1 unspecified atom stereocenters. The lowest BCUT2D eigenvalue weighted by molar-refractivity contribution is -0.129. The number of hydrogen-bond donors (Lipinski definition) is 2. The number of carbonyl (C=O) groups is 1. The van der Waals surface area contributed by atoms with Crippen molar-refractivity contribution in [2.24, 2.45) is 5.41 Å². The summed E-state index contributed by atoms with van der Waals surface area (Å²) in [5, 5.41) is 6.11. The molecule has 0 radical (unpaired) electrons. The van der Waals surface area contributed by atoms with Gasteiger partial charge < -0.3 is 15.4 Å². The van der Waals surface area contributed by atoms with Crippen LogP contribution >= 0.6 is 0 Å². The van der Waals surface area contributed by atoms with Crippen molar-refractivity contribution >= 4 is 5.91 Å². The molecule has 0 aromatic carbocycles. The van der Waals surface area contributed by atoms with Crippen LogP contribution in [0.15, 0.2) is 0 Å². The summed E-state index contributed by atoms with van der Waals surface area (Å²) < 4.78 is 5.46. The Hall–Kier alpha value is -0.610. The van der Waals surface area contributed by atoms with E-state index in [9.17, 15) is 4.79 Å². The average Bonchev–Trinajstić information content (AvgIpc) is 2.14. The summed E-state index contributed by atoms with van der Waals surface area (Å²) in [5.74, 6) is 0.0756. The molecule has 0 aliphatic carbocycles. The van der Waals surface area contributed by atoms with Gasteiger partial charge in [-0.15, -0.1) is 0 Å². The summed E-state index contributed by atoms with van der Waals surface area (Å²) in [6.45, 7) is 8.78. The largest absolute Gasteiger partial charge is 0.374 e. The van der Waals surface area contributed by atoms with E-state index in [0.717, 1.165) is 19.7 Å². The van der Waals surface area contributed by atoms with Crippen LogP contribution in [0.1, 0.15) is 20.8 Å². The minimum absolute atomic E-state index is 0.0756. The van der Waals surface area contributed by atoms with E-state index in [2.05, 4.69) is 10.6 Å². The second-order valence-corrected chi connectivity index (χ2v) is 4.66. The first-order valence-corrected chi connectivity index (χ1v) is 5.11. The van der Waals surface area contributed by atoms with E-state index in [1.165, 1.54) is 0 Å². The molecule has 0 aromatic heterocycles. The zero-order chi connectivity index (χ0) is 10.6. The summed E-state index contributed by atoms with van der Waals surface area (Å²) in [7, 11) is 0. The van der Waals surface area contributed by atoms with E-state index in [-0.39, 0.29) is 17.4 Å². The molecule has 14 heavy (non-hydrogen) atoms. The highest BCUT2D eigenvalue weighted by atomic mass is 16.5. The second kappa shape index (κ2) is 4.75. The number of rotatable bonds is 2. The van der Waals surface area contributed by atoms with Gasteiger partial charge in [-0.2, -0.15) is 0 Å². The summed E-state index contributed by atoms with van der Waals surface area (Å²) in [5.41, 5.74) is -0.317. The van der Waals surface area contributed by atoms with E-state index in [0.29, 0.717) is 6.54 Å². The first kappa shape index (κ1) is 11.5. The second-order valence-electron chi connectivity index (χ2n) is 4.66. The maximum Gasteiger partial charge on any atom is 0.225 e. The molecule has 1 aliphatic heterocycles. The van der Waals surface area contributed by atoms with Crippen molar-refractivity contribution in [3.63, 3.8) is 0 Å². The Morgan fingerprint density at radius 1 is 1.57 bits per heavy atom. The molecule has 1 aliphatic rings. The van der Waals surface area contributed by atoms with E-state index in [1.54, 1.807) is 0 Å². The van der Waals surface area contributed by atoms with Crippen molar-refractivity contribution in [1.29, 1.82) is 0 Å². The summed E-state index contributed by atoms with van der Waals surface area (Å²) >= 11 is 0. The molecule has 82 valence electrons. The molecule has 0 aromatic rings.